The summed E-state index contributed by atoms with van der Waals surface area (Å²) in [5, 5.41) is 14.5. The van der Waals surface area contributed by atoms with Crippen molar-refractivity contribution in [1.82, 2.24) is 19.9 Å². The van der Waals surface area contributed by atoms with Gasteiger partial charge in [0.1, 0.15) is 25.0 Å². The lowest BCUT2D eigenvalue weighted by molar-refractivity contribution is -0.152. The van der Waals surface area contributed by atoms with Gasteiger partial charge in [-0.3, -0.25) is 14.8 Å². The normalized spacial score (nSPS) is 28.5. The lowest BCUT2D eigenvalue weighted by Gasteiger charge is -2.49. The number of aliphatic hydroxyl groups excluding tert-OH is 1. The van der Waals surface area contributed by atoms with Crippen LogP contribution in [0, 0.1) is 5.82 Å². The molecular weight excluding hydrogens is 451 g/mol. The third kappa shape index (κ3) is 4.28. The molecule has 1 unspecified atom stereocenters. The average molecular weight is 479 g/mol. The quantitative estimate of drug-likeness (QED) is 0.660. The molecule has 1 aromatic carbocycles. The van der Waals surface area contributed by atoms with Gasteiger partial charge in [-0.15, -0.1) is 0 Å². The number of para-hydroxylation sites is 1. The number of pyridine rings is 1. The van der Waals surface area contributed by atoms with Crippen molar-refractivity contribution in [3.63, 3.8) is 0 Å². The first-order valence-electron chi connectivity index (χ1n) is 11.6. The van der Waals surface area contributed by atoms with Gasteiger partial charge >= 0.3 is 0 Å². The molecule has 5 rings (SSSR count). The largest absolute Gasteiger partial charge is 0.507 e. The van der Waals surface area contributed by atoms with Crippen LogP contribution in [0.25, 0.3) is 0 Å². The Morgan fingerprint density at radius 2 is 2.06 bits per heavy atom. The molecule has 0 aliphatic carbocycles. The van der Waals surface area contributed by atoms with Gasteiger partial charge < -0.3 is 19.5 Å². The van der Waals surface area contributed by atoms with Crippen molar-refractivity contribution in [2.45, 2.75) is 25.4 Å². The molecular formula is C26H27FN4O4. The molecule has 3 atom stereocenters. The number of carbonyl (C=O) groups excluding carboxylic acids is 1. The number of carbonyl (C=O) groups is 1. The molecule has 2 bridgehead atoms. The molecule has 0 saturated carbocycles. The van der Waals surface area contributed by atoms with Crippen LogP contribution < -0.4 is 4.74 Å². The highest BCUT2D eigenvalue weighted by Crippen LogP contribution is 2.40. The predicted molar refractivity (Wildman–Crippen MR) is 126 cm³/mol. The van der Waals surface area contributed by atoms with Crippen molar-refractivity contribution < 1.29 is 23.8 Å². The van der Waals surface area contributed by atoms with Crippen LogP contribution in [0.3, 0.4) is 0 Å². The minimum atomic E-state index is -0.624. The number of hydrogen-bond acceptors (Lipinski definition) is 7. The third-order valence-corrected chi connectivity index (χ3v) is 6.30. The Labute approximate surface area is 203 Å². The molecule has 35 heavy (non-hydrogen) atoms. The molecule has 182 valence electrons. The fraction of sp³-hybridized carbons (Fsp3) is 0.308. The van der Waals surface area contributed by atoms with Gasteiger partial charge in [0.15, 0.2) is 17.3 Å². The first-order valence-corrected chi connectivity index (χ1v) is 11.6. The highest BCUT2D eigenvalue weighted by Gasteiger charge is 2.43. The number of benzene rings is 1. The highest BCUT2D eigenvalue weighted by atomic mass is 19.1. The maximum atomic E-state index is 15.1. The Balaban J connectivity index is 1.78. The summed E-state index contributed by atoms with van der Waals surface area (Å²) in [6, 6.07) is 9.45. The van der Waals surface area contributed by atoms with Gasteiger partial charge in [0.2, 0.25) is 0 Å². The fourth-order valence-electron chi connectivity index (χ4n) is 4.67. The van der Waals surface area contributed by atoms with E-state index in [0.717, 1.165) is 0 Å². The third-order valence-electron chi connectivity index (χ3n) is 6.30. The molecule has 1 fully saturated rings. The van der Waals surface area contributed by atoms with E-state index in [4.69, 9.17) is 9.47 Å². The van der Waals surface area contributed by atoms with Gasteiger partial charge in [-0.05, 0) is 36.8 Å². The topological polar surface area (TPSA) is 78.4 Å². The molecule has 1 N–H and O–H groups in total. The van der Waals surface area contributed by atoms with E-state index in [0.29, 0.717) is 17.7 Å². The Hall–Kier alpha value is -3.69. The zero-order valence-corrected chi connectivity index (χ0v) is 19.4. The number of nitrogens with zero attached hydrogens (tertiary/aromatic N) is 4. The Morgan fingerprint density at radius 1 is 1.17 bits per heavy atom. The number of hydrogen-bond donors (Lipinski definition) is 1. The van der Waals surface area contributed by atoms with Gasteiger partial charge in [-0.1, -0.05) is 31.2 Å². The minimum Gasteiger partial charge on any atom is -0.507 e. The summed E-state index contributed by atoms with van der Waals surface area (Å²) in [5.74, 6) is -0.841. The molecule has 1 aromatic heterocycles. The number of hydrazine groups is 1. The summed E-state index contributed by atoms with van der Waals surface area (Å²) in [7, 11) is 0. The first kappa shape index (κ1) is 23.1. The van der Waals surface area contributed by atoms with Crippen LogP contribution in [0.4, 0.5) is 4.39 Å². The average Bonchev–Trinajstić information content (AvgIpc) is 2.88. The van der Waals surface area contributed by atoms with Crippen LogP contribution in [-0.2, 0) is 9.53 Å². The van der Waals surface area contributed by atoms with Crippen molar-refractivity contribution in [2.75, 3.05) is 26.5 Å². The summed E-state index contributed by atoms with van der Waals surface area (Å²) < 4.78 is 26.5. The van der Waals surface area contributed by atoms with E-state index in [1.807, 2.05) is 36.2 Å². The second kappa shape index (κ2) is 9.89. The van der Waals surface area contributed by atoms with E-state index < -0.39 is 11.9 Å². The maximum Gasteiger partial charge on any atom is 0.277 e. The zero-order chi connectivity index (χ0) is 24.4. The lowest BCUT2D eigenvalue weighted by atomic mass is 10.00. The molecule has 0 spiro atoms. The second-order valence-electron chi connectivity index (χ2n) is 8.43. The summed E-state index contributed by atoms with van der Waals surface area (Å²) in [5.41, 5.74) is 1.30. The number of rotatable bonds is 2. The molecule has 9 heteroatoms. The van der Waals surface area contributed by atoms with Crippen LogP contribution in [0.2, 0.25) is 0 Å². The van der Waals surface area contributed by atoms with Gasteiger partial charge in [-0.2, -0.15) is 5.01 Å². The summed E-state index contributed by atoms with van der Waals surface area (Å²) in [6.45, 7) is 2.48. The lowest BCUT2D eigenvalue weighted by Crippen LogP contribution is -2.60. The molecule has 8 nitrogen and oxygen atoms in total. The summed E-state index contributed by atoms with van der Waals surface area (Å²) >= 11 is 0. The van der Waals surface area contributed by atoms with E-state index in [-0.39, 0.29) is 55.6 Å². The van der Waals surface area contributed by atoms with Crippen LogP contribution in [0.5, 0.6) is 5.75 Å². The number of ether oxygens (including phenoxy) is 2. The van der Waals surface area contributed by atoms with Crippen LogP contribution in [0.1, 0.15) is 30.6 Å². The molecule has 3 aliphatic heterocycles. The van der Waals surface area contributed by atoms with Crippen LogP contribution in [-0.4, -0.2) is 63.4 Å². The van der Waals surface area contributed by atoms with Crippen molar-refractivity contribution in [2.24, 2.45) is 0 Å². The second-order valence-corrected chi connectivity index (χ2v) is 8.43. The van der Waals surface area contributed by atoms with E-state index in [1.165, 1.54) is 6.07 Å². The van der Waals surface area contributed by atoms with Crippen molar-refractivity contribution in [1.29, 1.82) is 0 Å². The maximum absolute atomic E-state index is 15.1. The molecule has 1 amide bonds. The highest BCUT2D eigenvalue weighted by molar-refractivity contribution is 5.94. The number of aromatic nitrogens is 1. The standard InChI is InChI=1S/C26H27FN4O4/c1-2-18-8-6-15-35-25-19(9-5-10-20(25)27)23(21-11-3-4-12-28-21)31-17-29(18)26(33)24-22(32)16-34-14-7-13-30(24)31/h3-13,18,23,32H,2,14-17H2,1H3/b8-6+,13-7-,24-22+/t18-,23-/m1/s1. The summed E-state index contributed by atoms with van der Waals surface area (Å²) in [6.07, 6.45) is 9.48. The van der Waals surface area contributed by atoms with Crippen molar-refractivity contribution in [3.8, 4) is 5.75 Å². The van der Waals surface area contributed by atoms with E-state index in [2.05, 4.69) is 4.98 Å². The SMILES string of the molecule is CC[C@@H]1/C=C/COc2c(F)cccc2[C@H](c2ccccn2)N2CN1C(=O)/C1=C(\O)COC/C=C\N12. The predicted octanol–water partition coefficient (Wildman–Crippen LogP) is 3.67. The van der Waals surface area contributed by atoms with Crippen molar-refractivity contribution >= 4 is 5.91 Å². The van der Waals surface area contributed by atoms with Crippen LogP contribution in [0.15, 0.2) is 78.5 Å². The van der Waals surface area contributed by atoms with E-state index in [1.54, 1.807) is 46.6 Å². The first-order chi connectivity index (χ1) is 17.1. The van der Waals surface area contributed by atoms with Crippen molar-refractivity contribution in [3.05, 3.63) is 95.6 Å². The molecule has 2 aromatic rings. The Bertz CT molecular complexity index is 1180. The Kier molecular flexibility index (Phi) is 6.52. The van der Waals surface area contributed by atoms with Crippen LogP contribution >= 0.6 is 0 Å². The Morgan fingerprint density at radius 3 is 2.86 bits per heavy atom. The number of aliphatic hydroxyl groups is 1. The van der Waals surface area contributed by atoms with Gasteiger partial charge in [-0.25, -0.2) is 4.39 Å². The molecule has 1 saturated heterocycles. The number of halogens is 1. The zero-order valence-electron chi connectivity index (χ0n) is 19.4. The molecule has 3 aliphatic rings. The minimum absolute atomic E-state index is 0.0955. The van der Waals surface area contributed by atoms with E-state index in [9.17, 15) is 9.90 Å². The van der Waals surface area contributed by atoms with Gasteiger partial charge in [0.05, 0.1) is 25.0 Å². The molecule has 4 heterocycles. The van der Waals surface area contributed by atoms with E-state index >= 15 is 4.39 Å². The number of amides is 1. The fourth-order valence-corrected chi connectivity index (χ4v) is 4.67. The smallest absolute Gasteiger partial charge is 0.277 e. The summed E-state index contributed by atoms with van der Waals surface area (Å²) in [4.78, 5) is 20.0. The monoisotopic (exact) mass is 478 g/mol. The molecule has 0 radical (unpaired) electrons. The van der Waals surface area contributed by atoms with Gasteiger partial charge in [0.25, 0.3) is 5.91 Å². The number of fused-ring (bicyclic) bond motifs is 5. The van der Waals surface area contributed by atoms with Gasteiger partial charge in [0, 0.05) is 18.0 Å².